The zero-order valence-electron chi connectivity index (χ0n) is 9.26. The lowest BCUT2D eigenvalue weighted by Crippen LogP contribution is -2.24. The van der Waals surface area contributed by atoms with Gasteiger partial charge in [-0.05, 0) is 31.9 Å². The Balaban J connectivity index is 2.56. The molecule has 88 valence electrons. The quantitative estimate of drug-likeness (QED) is 0.927. The second-order valence-corrected chi connectivity index (χ2v) is 5.21. The number of aliphatic hydroxyl groups is 1. The Labute approximate surface area is 103 Å². The van der Waals surface area contributed by atoms with E-state index < -0.39 is 11.5 Å². The maximum Gasteiger partial charge on any atom is 0.131 e. The minimum Gasteiger partial charge on any atom is -0.496 e. The topological polar surface area (TPSA) is 29.5 Å². The Morgan fingerprint density at radius 3 is 2.56 bits per heavy atom. The van der Waals surface area contributed by atoms with Crippen molar-refractivity contribution in [2.45, 2.75) is 31.3 Å². The van der Waals surface area contributed by atoms with Crippen molar-refractivity contribution >= 4 is 15.9 Å². The second kappa shape index (κ2) is 4.00. The lowest BCUT2D eigenvalue weighted by Gasteiger charge is -2.22. The molecule has 0 saturated heterocycles. The minimum atomic E-state index is -0.558. The Bertz CT molecular complexity index is 414. The SMILES string of the molecule is COc1cc(Br)cc(F)c1C1(C(C)O)CC1. The van der Waals surface area contributed by atoms with Crippen LogP contribution in [0.15, 0.2) is 16.6 Å². The predicted octanol–water partition coefficient (Wildman–Crippen LogP) is 3.01. The van der Waals surface area contributed by atoms with Gasteiger partial charge in [0.2, 0.25) is 0 Å². The fourth-order valence-corrected chi connectivity index (χ4v) is 2.61. The van der Waals surface area contributed by atoms with Crippen LogP contribution in [0.5, 0.6) is 5.75 Å². The molecular formula is C12H14BrFO2. The smallest absolute Gasteiger partial charge is 0.131 e. The van der Waals surface area contributed by atoms with E-state index >= 15 is 0 Å². The van der Waals surface area contributed by atoms with E-state index in [2.05, 4.69) is 15.9 Å². The molecule has 1 atom stereocenters. The summed E-state index contributed by atoms with van der Waals surface area (Å²) in [7, 11) is 1.52. The number of hydrogen-bond acceptors (Lipinski definition) is 2. The van der Waals surface area contributed by atoms with Gasteiger partial charge in [0.1, 0.15) is 11.6 Å². The molecule has 0 aliphatic heterocycles. The number of halogens is 2. The fraction of sp³-hybridized carbons (Fsp3) is 0.500. The maximum absolute atomic E-state index is 14.0. The first-order valence-electron chi connectivity index (χ1n) is 5.23. The molecule has 0 amide bonds. The summed E-state index contributed by atoms with van der Waals surface area (Å²) in [5, 5.41) is 9.78. The monoisotopic (exact) mass is 288 g/mol. The highest BCUT2D eigenvalue weighted by Gasteiger charge is 2.51. The molecule has 1 saturated carbocycles. The van der Waals surface area contributed by atoms with E-state index in [1.807, 2.05) is 0 Å². The molecule has 4 heteroatoms. The standard InChI is InChI=1S/C12H14BrFO2/c1-7(15)12(3-4-12)11-9(14)5-8(13)6-10(11)16-2/h5-7,15H,3-4H2,1-2H3. The molecule has 1 unspecified atom stereocenters. The molecule has 0 bridgehead atoms. The number of benzene rings is 1. The van der Waals surface area contributed by atoms with Gasteiger partial charge in [-0.15, -0.1) is 0 Å². The zero-order valence-corrected chi connectivity index (χ0v) is 10.8. The van der Waals surface area contributed by atoms with Crippen molar-refractivity contribution in [3.05, 3.63) is 28.0 Å². The van der Waals surface area contributed by atoms with Crippen molar-refractivity contribution in [1.29, 1.82) is 0 Å². The van der Waals surface area contributed by atoms with Gasteiger partial charge in [-0.1, -0.05) is 15.9 Å². The third-order valence-corrected chi connectivity index (χ3v) is 3.78. The zero-order chi connectivity index (χ0) is 11.9. The average molecular weight is 289 g/mol. The van der Waals surface area contributed by atoms with Crippen LogP contribution in [0.1, 0.15) is 25.3 Å². The Hall–Kier alpha value is -0.610. The normalized spacial score (nSPS) is 19.3. The van der Waals surface area contributed by atoms with Gasteiger partial charge in [0, 0.05) is 15.5 Å². The molecule has 0 heterocycles. The van der Waals surface area contributed by atoms with Gasteiger partial charge >= 0.3 is 0 Å². The van der Waals surface area contributed by atoms with Crippen molar-refractivity contribution in [3.8, 4) is 5.75 Å². The summed E-state index contributed by atoms with van der Waals surface area (Å²) in [6.07, 6.45) is 1.05. The average Bonchev–Trinajstić information content (AvgIpc) is 2.97. The van der Waals surface area contributed by atoms with Crippen LogP contribution in [0, 0.1) is 5.82 Å². The van der Waals surface area contributed by atoms with Crippen molar-refractivity contribution in [1.82, 2.24) is 0 Å². The van der Waals surface area contributed by atoms with E-state index in [0.717, 1.165) is 12.8 Å². The number of ether oxygens (including phenoxy) is 1. The van der Waals surface area contributed by atoms with Crippen LogP contribution in [0.4, 0.5) is 4.39 Å². The molecule has 1 N–H and O–H groups in total. The summed E-state index contributed by atoms with van der Waals surface area (Å²) < 4.78 is 19.8. The van der Waals surface area contributed by atoms with E-state index in [4.69, 9.17) is 4.74 Å². The van der Waals surface area contributed by atoms with Crippen LogP contribution in [0.3, 0.4) is 0 Å². The van der Waals surface area contributed by atoms with Crippen LogP contribution in [-0.4, -0.2) is 18.3 Å². The molecule has 16 heavy (non-hydrogen) atoms. The highest BCUT2D eigenvalue weighted by molar-refractivity contribution is 9.10. The molecule has 0 spiro atoms. The van der Waals surface area contributed by atoms with Crippen LogP contribution in [0.2, 0.25) is 0 Å². The number of hydrogen-bond donors (Lipinski definition) is 1. The molecular weight excluding hydrogens is 275 g/mol. The van der Waals surface area contributed by atoms with Crippen LogP contribution >= 0.6 is 15.9 Å². The third-order valence-electron chi connectivity index (χ3n) is 3.33. The highest BCUT2D eigenvalue weighted by Crippen LogP contribution is 2.55. The second-order valence-electron chi connectivity index (χ2n) is 4.30. The summed E-state index contributed by atoms with van der Waals surface area (Å²) >= 11 is 3.23. The summed E-state index contributed by atoms with van der Waals surface area (Å²) in [6.45, 7) is 1.70. The largest absolute Gasteiger partial charge is 0.496 e. The van der Waals surface area contributed by atoms with Crippen LogP contribution in [-0.2, 0) is 5.41 Å². The molecule has 0 radical (unpaired) electrons. The first-order valence-corrected chi connectivity index (χ1v) is 6.02. The Morgan fingerprint density at radius 2 is 2.12 bits per heavy atom. The van der Waals surface area contributed by atoms with Crippen molar-refractivity contribution in [3.63, 3.8) is 0 Å². The van der Waals surface area contributed by atoms with E-state index in [9.17, 15) is 9.50 Å². The summed E-state index contributed by atoms with van der Waals surface area (Å²) in [5.41, 5.74) is 0.0593. The first-order chi connectivity index (χ1) is 7.51. The van der Waals surface area contributed by atoms with Crippen molar-refractivity contribution < 1.29 is 14.2 Å². The summed E-state index contributed by atoms with van der Waals surface area (Å²) in [5.74, 6) is 0.190. The number of methoxy groups -OCH3 is 1. The Morgan fingerprint density at radius 1 is 1.50 bits per heavy atom. The molecule has 0 aromatic heterocycles. The van der Waals surface area contributed by atoms with Gasteiger partial charge < -0.3 is 9.84 Å². The maximum atomic E-state index is 14.0. The number of aliphatic hydroxyl groups excluding tert-OH is 1. The molecule has 2 rings (SSSR count). The van der Waals surface area contributed by atoms with E-state index in [1.54, 1.807) is 13.0 Å². The predicted molar refractivity (Wildman–Crippen MR) is 63.2 cm³/mol. The van der Waals surface area contributed by atoms with E-state index in [-0.39, 0.29) is 5.82 Å². The van der Waals surface area contributed by atoms with E-state index in [1.165, 1.54) is 13.2 Å². The molecule has 1 fully saturated rings. The molecule has 1 aliphatic rings. The lowest BCUT2D eigenvalue weighted by molar-refractivity contribution is 0.147. The summed E-state index contributed by atoms with van der Waals surface area (Å²) in [6, 6.07) is 3.15. The highest BCUT2D eigenvalue weighted by atomic mass is 79.9. The van der Waals surface area contributed by atoms with Gasteiger partial charge in [0.15, 0.2) is 0 Å². The Kier molecular flexibility index (Phi) is 2.97. The lowest BCUT2D eigenvalue weighted by atomic mass is 9.89. The minimum absolute atomic E-state index is 0.315. The molecule has 2 nitrogen and oxygen atoms in total. The van der Waals surface area contributed by atoms with Crippen molar-refractivity contribution in [2.24, 2.45) is 0 Å². The third kappa shape index (κ3) is 1.74. The van der Waals surface area contributed by atoms with E-state index in [0.29, 0.717) is 15.8 Å². The first kappa shape index (κ1) is 11.9. The van der Waals surface area contributed by atoms with Gasteiger partial charge in [0.05, 0.1) is 13.2 Å². The van der Waals surface area contributed by atoms with Gasteiger partial charge in [-0.25, -0.2) is 4.39 Å². The van der Waals surface area contributed by atoms with Crippen molar-refractivity contribution in [2.75, 3.05) is 7.11 Å². The summed E-state index contributed by atoms with van der Waals surface area (Å²) in [4.78, 5) is 0. The molecule has 1 aromatic rings. The number of rotatable bonds is 3. The fourth-order valence-electron chi connectivity index (χ4n) is 2.21. The molecule has 1 aromatic carbocycles. The van der Waals surface area contributed by atoms with Gasteiger partial charge in [-0.3, -0.25) is 0 Å². The van der Waals surface area contributed by atoms with Gasteiger partial charge in [-0.2, -0.15) is 0 Å². The van der Waals surface area contributed by atoms with Crippen LogP contribution in [0.25, 0.3) is 0 Å². The molecule has 1 aliphatic carbocycles. The van der Waals surface area contributed by atoms with Crippen LogP contribution < -0.4 is 4.74 Å². The van der Waals surface area contributed by atoms with Gasteiger partial charge in [0.25, 0.3) is 0 Å².